The highest BCUT2D eigenvalue weighted by atomic mass is 32.2. The van der Waals surface area contributed by atoms with Crippen molar-refractivity contribution in [1.82, 2.24) is 10.0 Å². The van der Waals surface area contributed by atoms with Crippen LogP contribution >= 0.6 is 0 Å². The summed E-state index contributed by atoms with van der Waals surface area (Å²) in [6.07, 6.45) is -0.209. The lowest BCUT2D eigenvalue weighted by atomic mass is 10.1. The first kappa shape index (κ1) is 29.8. The zero-order valence-electron chi connectivity index (χ0n) is 23.7. The van der Waals surface area contributed by atoms with Crippen molar-refractivity contribution < 1.29 is 27.5 Å². The average Bonchev–Trinajstić information content (AvgIpc) is 3.03. The van der Waals surface area contributed by atoms with Crippen LogP contribution in [0.5, 0.6) is 11.5 Å². The highest BCUT2D eigenvalue weighted by Gasteiger charge is 2.34. The first-order chi connectivity index (χ1) is 20.8. The molecule has 0 bridgehead atoms. The number of nitrogens with zero attached hydrogens (tertiary/aromatic N) is 1. The van der Waals surface area contributed by atoms with E-state index in [4.69, 9.17) is 9.47 Å². The molecule has 5 rings (SSSR count). The predicted molar refractivity (Wildman–Crippen MR) is 164 cm³/mol. The molecular formula is C33H33N3O6S. The lowest BCUT2D eigenvalue weighted by Crippen LogP contribution is -2.52. The van der Waals surface area contributed by atoms with Crippen LogP contribution in [0.1, 0.15) is 16.7 Å². The van der Waals surface area contributed by atoms with Gasteiger partial charge in [0.1, 0.15) is 11.5 Å². The van der Waals surface area contributed by atoms with Crippen molar-refractivity contribution in [2.24, 2.45) is 0 Å². The predicted octanol–water partition coefficient (Wildman–Crippen LogP) is 4.01. The summed E-state index contributed by atoms with van der Waals surface area (Å²) in [5.41, 5.74) is 3.06. The van der Waals surface area contributed by atoms with Crippen molar-refractivity contribution in [3.05, 3.63) is 120 Å². The number of carbonyl (C=O) groups is 2. The van der Waals surface area contributed by atoms with E-state index in [0.29, 0.717) is 35.7 Å². The zero-order valence-corrected chi connectivity index (χ0v) is 24.5. The van der Waals surface area contributed by atoms with Gasteiger partial charge in [0.15, 0.2) is 12.7 Å². The van der Waals surface area contributed by atoms with Crippen LogP contribution in [-0.4, -0.2) is 46.0 Å². The second kappa shape index (κ2) is 13.5. The van der Waals surface area contributed by atoms with E-state index in [9.17, 15) is 18.0 Å². The fraction of sp³-hybridized carbons (Fsp3) is 0.212. The van der Waals surface area contributed by atoms with Crippen LogP contribution in [-0.2, 0) is 32.6 Å². The SMILES string of the molecule is Cc1cc(S(=O)(=O)NCc2ccccc2)ccc1OCC(=O)N1CC(C(=O)NCCc2ccccc2)Oc2ccccc21. The number of fused-ring (bicyclic) bond motifs is 1. The number of sulfonamides is 1. The normalized spacial score (nSPS) is 14.3. The number of aryl methyl sites for hydroxylation is 1. The molecule has 4 aromatic rings. The van der Waals surface area contributed by atoms with Crippen LogP contribution in [0.2, 0.25) is 0 Å². The molecule has 1 aliphatic heterocycles. The molecule has 0 saturated heterocycles. The molecule has 2 N–H and O–H groups in total. The van der Waals surface area contributed by atoms with Crippen LogP contribution in [0, 0.1) is 6.92 Å². The first-order valence-corrected chi connectivity index (χ1v) is 15.4. The minimum absolute atomic E-state index is 0.0274. The molecule has 0 fully saturated rings. The van der Waals surface area contributed by atoms with Crippen LogP contribution in [0.3, 0.4) is 0 Å². The van der Waals surface area contributed by atoms with Gasteiger partial charge >= 0.3 is 0 Å². The Morgan fingerprint density at radius 2 is 1.58 bits per heavy atom. The molecule has 43 heavy (non-hydrogen) atoms. The van der Waals surface area contributed by atoms with Crippen LogP contribution < -0.4 is 24.4 Å². The summed E-state index contributed by atoms with van der Waals surface area (Å²) in [7, 11) is -3.75. The van der Waals surface area contributed by atoms with Gasteiger partial charge in [-0.1, -0.05) is 72.8 Å². The summed E-state index contributed by atoms with van der Waals surface area (Å²) in [5.74, 6) is 0.141. The molecule has 0 spiro atoms. The molecule has 4 aromatic carbocycles. The van der Waals surface area contributed by atoms with Gasteiger partial charge in [0.05, 0.1) is 17.1 Å². The van der Waals surface area contributed by atoms with E-state index in [1.165, 1.54) is 23.1 Å². The Labute approximate surface area is 251 Å². The largest absolute Gasteiger partial charge is 0.483 e. The number of para-hydroxylation sites is 2. The fourth-order valence-electron chi connectivity index (χ4n) is 4.72. The summed E-state index contributed by atoms with van der Waals surface area (Å²) in [4.78, 5) is 27.9. The molecule has 0 aromatic heterocycles. The highest BCUT2D eigenvalue weighted by Crippen LogP contribution is 2.33. The van der Waals surface area contributed by atoms with Crippen LogP contribution in [0.25, 0.3) is 0 Å². The molecular weight excluding hydrogens is 566 g/mol. The second-order valence-electron chi connectivity index (χ2n) is 10.1. The topological polar surface area (TPSA) is 114 Å². The zero-order chi connectivity index (χ0) is 30.2. The van der Waals surface area contributed by atoms with Gasteiger partial charge in [0.2, 0.25) is 10.0 Å². The Bertz CT molecular complexity index is 1680. The van der Waals surface area contributed by atoms with Gasteiger partial charge in [-0.15, -0.1) is 0 Å². The second-order valence-corrected chi connectivity index (χ2v) is 11.9. The Morgan fingerprint density at radius 3 is 2.30 bits per heavy atom. The minimum atomic E-state index is -3.75. The van der Waals surface area contributed by atoms with E-state index in [0.717, 1.165) is 11.1 Å². The maximum Gasteiger partial charge on any atom is 0.265 e. The van der Waals surface area contributed by atoms with E-state index < -0.39 is 16.1 Å². The molecule has 0 aliphatic carbocycles. The van der Waals surface area contributed by atoms with Gasteiger partial charge in [-0.05, 0) is 60.4 Å². The fourth-order valence-corrected chi connectivity index (χ4v) is 5.82. The summed E-state index contributed by atoms with van der Waals surface area (Å²) < 4.78 is 40.0. The van der Waals surface area contributed by atoms with Crippen molar-refractivity contribution >= 4 is 27.5 Å². The number of ether oxygens (including phenoxy) is 2. The smallest absolute Gasteiger partial charge is 0.265 e. The van der Waals surface area contributed by atoms with E-state index in [1.54, 1.807) is 31.2 Å². The quantitative estimate of drug-likeness (QED) is 0.269. The monoisotopic (exact) mass is 599 g/mol. The molecule has 1 heterocycles. The Morgan fingerprint density at radius 1 is 0.907 bits per heavy atom. The van der Waals surface area contributed by atoms with Crippen LogP contribution in [0.15, 0.2) is 108 Å². The van der Waals surface area contributed by atoms with Crippen molar-refractivity contribution in [2.45, 2.75) is 30.9 Å². The molecule has 10 heteroatoms. The minimum Gasteiger partial charge on any atom is -0.483 e. The number of anilines is 1. The van der Waals surface area contributed by atoms with E-state index in [1.807, 2.05) is 60.7 Å². The lowest BCUT2D eigenvalue weighted by molar-refractivity contribution is -0.128. The lowest BCUT2D eigenvalue weighted by Gasteiger charge is -2.34. The number of benzene rings is 4. The molecule has 1 aliphatic rings. The Balaban J connectivity index is 1.20. The van der Waals surface area contributed by atoms with Gasteiger partial charge in [-0.2, -0.15) is 0 Å². The third-order valence-electron chi connectivity index (χ3n) is 7.04. The Hall–Kier alpha value is -4.67. The summed E-state index contributed by atoms with van der Waals surface area (Å²) >= 11 is 0. The third kappa shape index (κ3) is 7.59. The number of hydrogen-bond acceptors (Lipinski definition) is 6. The van der Waals surface area contributed by atoms with Gasteiger partial charge < -0.3 is 19.7 Å². The van der Waals surface area contributed by atoms with Gasteiger partial charge in [0.25, 0.3) is 11.8 Å². The van der Waals surface area contributed by atoms with Crippen molar-refractivity contribution in [3.8, 4) is 11.5 Å². The molecule has 0 saturated carbocycles. The Kier molecular flexibility index (Phi) is 9.38. The standard InChI is InChI=1S/C33H33N3O6S/c1-24-20-27(43(39,40)35-21-26-12-6-3-7-13-26)16-17-29(24)41-23-32(37)36-22-31(42-30-15-9-8-14-28(30)36)33(38)34-19-18-25-10-4-2-5-11-25/h2-17,20,31,35H,18-19,21-23H2,1H3,(H,34,38). The van der Waals surface area contributed by atoms with Gasteiger partial charge in [-0.3, -0.25) is 9.59 Å². The third-order valence-corrected chi connectivity index (χ3v) is 8.44. The van der Waals surface area contributed by atoms with E-state index in [-0.39, 0.29) is 36.4 Å². The van der Waals surface area contributed by atoms with E-state index in [2.05, 4.69) is 10.0 Å². The maximum atomic E-state index is 13.4. The van der Waals surface area contributed by atoms with Crippen molar-refractivity contribution in [3.63, 3.8) is 0 Å². The van der Waals surface area contributed by atoms with Gasteiger partial charge in [0, 0.05) is 13.1 Å². The number of carbonyl (C=O) groups excluding carboxylic acids is 2. The highest BCUT2D eigenvalue weighted by molar-refractivity contribution is 7.89. The molecule has 1 unspecified atom stereocenters. The number of rotatable bonds is 11. The first-order valence-electron chi connectivity index (χ1n) is 13.9. The maximum absolute atomic E-state index is 13.4. The summed E-state index contributed by atoms with van der Waals surface area (Å²) in [6, 6.07) is 30.6. The molecule has 2 amide bonds. The average molecular weight is 600 g/mol. The summed E-state index contributed by atoms with van der Waals surface area (Å²) in [6.45, 7) is 2.04. The number of amides is 2. The van der Waals surface area contributed by atoms with Crippen molar-refractivity contribution in [1.29, 1.82) is 0 Å². The molecule has 9 nitrogen and oxygen atoms in total. The van der Waals surface area contributed by atoms with Gasteiger partial charge in [-0.25, -0.2) is 13.1 Å². The molecule has 0 radical (unpaired) electrons. The molecule has 1 atom stereocenters. The van der Waals surface area contributed by atoms with E-state index >= 15 is 0 Å². The number of hydrogen-bond donors (Lipinski definition) is 2. The summed E-state index contributed by atoms with van der Waals surface area (Å²) in [5, 5.41) is 2.90. The number of nitrogens with one attached hydrogen (secondary N) is 2. The van der Waals surface area contributed by atoms with Crippen molar-refractivity contribution in [2.75, 3.05) is 24.6 Å². The van der Waals surface area contributed by atoms with Crippen LogP contribution in [0.4, 0.5) is 5.69 Å². The molecule has 222 valence electrons.